The van der Waals surface area contributed by atoms with Crippen LogP contribution in [0.3, 0.4) is 0 Å². The lowest BCUT2D eigenvalue weighted by molar-refractivity contribution is -0.133. The fourth-order valence-corrected chi connectivity index (χ4v) is 3.84. The van der Waals surface area contributed by atoms with Crippen molar-refractivity contribution in [2.24, 2.45) is 0 Å². The number of esters is 1. The van der Waals surface area contributed by atoms with Gasteiger partial charge in [-0.15, -0.1) is 0 Å². The second kappa shape index (κ2) is 14.8. The van der Waals surface area contributed by atoms with E-state index in [1.54, 1.807) is 55.0 Å². The minimum Gasteiger partial charge on any atom is -0.426 e. The SMILES string of the molecule is Nc1ccc2cnccc2c1.O=C(Cc1ccc2cnccc2c1)Oc1ccccc1.O=C(Cl)Oc1ccccc1. The average Bonchev–Trinajstić information content (AvgIpc) is 2.98. The molecule has 0 atom stereocenters. The molecule has 0 fully saturated rings. The van der Waals surface area contributed by atoms with Gasteiger partial charge in [-0.3, -0.25) is 14.8 Å². The number of carbonyl (C=O) groups excluding carboxylic acids is 2. The Kier molecular flexibility index (Phi) is 10.3. The van der Waals surface area contributed by atoms with E-state index in [9.17, 15) is 9.59 Å². The Balaban J connectivity index is 0.000000156. The molecule has 0 aliphatic rings. The molecule has 0 spiro atoms. The first-order chi connectivity index (χ1) is 20.0. The first-order valence-corrected chi connectivity index (χ1v) is 12.9. The first kappa shape index (κ1) is 28.7. The van der Waals surface area contributed by atoms with Gasteiger partial charge in [0, 0.05) is 52.8 Å². The Hall–Kier alpha value is -5.27. The van der Waals surface area contributed by atoms with E-state index in [2.05, 4.69) is 14.7 Å². The summed E-state index contributed by atoms with van der Waals surface area (Å²) in [4.78, 5) is 30.1. The van der Waals surface area contributed by atoms with Gasteiger partial charge in [-0.25, -0.2) is 4.79 Å². The number of hydrogen-bond donors (Lipinski definition) is 1. The molecule has 0 amide bonds. The van der Waals surface area contributed by atoms with E-state index in [-0.39, 0.29) is 12.4 Å². The molecule has 2 heterocycles. The molecule has 2 aromatic heterocycles. The number of anilines is 1. The summed E-state index contributed by atoms with van der Waals surface area (Å²) >= 11 is 4.95. The normalized spacial score (nSPS) is 9.98. The number of rotatable bonds is 4. The van der Waals surface area contributed by atoms with Gasteiger partial charge in [0.25, 0.3) is 0 Å². The molecule has 0 aliphatic heterocycles. The molecule has 0 aliphatic carbocycles. The zero-order valence-corrected chi connectivity index (χ0v) is 22.6. The summed E-state index contributed by atoms with van der Waals surface area (Å²) in [5.41, 5.74) is 6.52. The van der Waals surface area contributed by atoms with Gasteiger partial charge in [-0.1, -0.05) is 60.7 Å². The number of para-hydroxylation sites is 2. The third-order valence-electron chi connectivity index (χ3n) is 5.63. The second-order valence-corrected chi connectivity index (χ2v) is 8.96. The van der Waals surface area contributed by atoms with Gasteiger partial charge in [-0.2, -0.15) is 0 Å². The van der Waals surface area contributed by atoms with E-state index >= 15 is 0 Å². The Labute approximate surface area is 242 Å². The molecule has 7 nitrogen and oxygen atoms in total. The van der Waals surface area contributed by atoms with Gasteiger partial charge in [0.15, 0.2) is 0 Å². The van der Waals surface area contributed by atoms with Crippen LogP contribution in [0.1, 0.15) is 5.56 Å². The first-order valence-electron chi connectivity index (χ1n) is 12.6. The van der Waals surface area contributed by atoms with Crippen molar-refractivity contribution in [3.05, 3.63) is 140 Å². The number of nitrogen functional groups attached to an aromatic ring is 1. The lowest BCUT2D eigenvalue weighted by atomic mass is 10.1. The second-order valence-electron chi connectivity index (χ2n) is 8.66. The minimum atomic E-state index is -0.814. The van der Waals surface area contributed by atoms with Crippen LogP contribution in [0, 0.1) is 0 Å². The maximum absolute atomic E-state index is 11.9. The minimum absolute atomic E-state index is 0.257. The monoisotopic (exact) mass is 563 g/mol. The van der Waals surface area contributed by atoms with Crippen molar-refractivity contribution in [2.45, 2.75) is 6.42 Å². The Morgan fingerprint density at radius 1 is 0.634 bits per heavy atom. The van der Waals surface area contributed by atoms with E-state index in [0.29, 0.717) is 11.5 Å². The number of fused-ring (bicyclic) bond motifs is 2. The molecular formula is C33H26ClN3O4. The van der Waals surface area contributed by atoms with Crippen LogP contribution in [0.25, 0.3) is 21.5 Å². The number of benzene rings is 4. The van der Waals surface area contributed by atoms with E-state index in [0.717, 1.165) is 32.8 Å². The number of nitrogens with two attached hydrogens (primary N) is 1. The van der Waals surface area contributed by atoms with Crippen LogP contribution in [-0.4, -0.2) is 21.4 Å². The van der Waals surface area contributed by atoms with Gasteiger partial charge >= 0.3 is 11.4 Å². The summed E-state index contributed by atoms with van der Waals surface area (Å²) in [6.45, 7) is 0. The molecule has 0 saturated heterocycles. The third-order valence-corrected chi connectivity index (χ3v) is 5.71. The standard InChI is InChI=1S/C17H13NO2.C9H8N2.C7H5ClO2/c19-17(20-16-4-2-1-3-5-16)11-13-6-7-15-12-18-9-8-14(15)10-13;10-9-2-1-8-6-11-4-3-7(8)5-9;8-7(9)10-6-4-2-1-3-5-6/h1-10,12H,11H2;1-6H,10H2;1-5H. The molecule has 6 aromatic rings. The zero-order valence-electron chi connectivity index (χ0n) is 21.9. The van der Waals surface area contributed by atoms with Crippen LogP contribution >= 0.6 is 11.6 Å². The van der Waals surface area contributed by atoms with Gasteiger partial charge in [0.05, 0.1) is 6.42 Å². The number of halogens is 1. The van der Waals surface area contributed by atoms with Crippen molar-refractivity contribution in [1.82, 2.24) is 9.97 Å². The van der Waals surface area contributed by atoms with Gasteiger partial charge < -0.3 is 15.2 Å². The molecule has 8 heteroatoms. The summed E-state index contributed by atoms with van der Waals surface area (Å²) in [7, 11) is 0. The van der Waals surface area contributed by atoms with Crippen molar-refractivity contribution < 1.29 is 19.1 Å². The summed E-state index contributed by atoms with van der Waals surface area (Å²) in [5.74, 6) is 0.773. The molecule has 2 N–H and O–H groups in total. The summed E-state index contributed by atoms with van der Waals surface area (Å²) in [5, 5.41) is 4.40. The fourth-order valence-electron chi connectivity index (χ4n) is 3.75. The predicted molar refractivity (Wildman–Crippen MR) is 162 cm³/mol. The lowest BCUT2D eigenvalue weighted by Crippen LogP contribution is -2.11. The molecule has 6 rings (SSSR count). The molecule has 0 bridgehead atoms. The summed E-state index contributed by atoms with van der Waals surface area (Å²) in [6.07, 6.45) is 7.40. The number of carbonyl (C=O) groups is 2. The Morgan fingerprint density at radius 2 is 1.17 bits per heavy atom. The van der Waals surface area contributed by atoms with Crippen molar-refractivity contribution in [2.75, 3.05) is 5.73 Å². The highest BCUT2D eigenvalue weighted by atomic mass is 35.5. The van der Waals surface area contributed by atoms with E-state index in [1.165, 1.54) is 0 Å². The van der Waals surface area contributed by atoms with Gasteiger partial charge in [0.1, 0.15) is 11.5 Å². The lowest BCUT2D eigenvalue weighted by Gasteiger charge is -2.05. The summed E-state index contributed by atoms with van der Waals surface area (Å²) < 4.78 is 9.82. The van der Waals surface area contributed by atoms with Crippen LogP contribution < -0.4 is 15.2 Å². The number of ether oxygens (including phenoxy) is 2. The zero-order chi connectivity index (χ0) is 28.9. The third kappa shape index (κ3) is 9.45. The number of nitrogens with zero attached hydrogens (tertiary/aromatic N) is 2. The Bertz CT molecular complexity index is 1730. The molecule has 41 heavy (non-hydrogen) atoms. The van der Waals surface area contributed by atoms with Crippen LogP contribution in [0.4, 0.5) is 10.5 Å². The topological polar surface area (TPSA) is 104 Å². The largest absolute Gasteiger partial charge is 0.426 e. The van der Waals surface area contributed by atoms with E-state index in [1.807, 2.05) is 79.0 Å². The molecule has 4 aromatic carbocycles. The van der Waals surface area contributed by atoms with Gasteiger partial charge in [0.2, 0.25) is 0 Å². The van der Waals surface area contributed by atoms with Crippen molar-refractivity contribution in [1.29, 1.82) is 0 Å². The van der Waals surface area contributed by atoms with Crippen molar-refractivity contribution >= 4 is 50.2 Å². The quantitative estimate of drug-likeness (QED) is 0.102. The van der Waals surface area contributed by atoms with Gasteiger partial charge in [-0.05, 0) is 64.9 Å². The maximum atomic E-state index is 11.9. The van der Waals surface area contributed by atoms with Crippen LogP contribution in [0.2, 0.25) is 0 Å². The van der Waals surface area contributed by atoms with Crippen LogP contribution in [0.15, 0.2) is 134 Å². The molecule has 0 radical (unpaired) electrons. The highest BCUT2D eigenvalue weighted by molar-refractivity contribution is 6.61. The molecule has 0 saturated carbocycles. The molecule has 204 valence electrons. The smallest absolute Gasteiger partial charge is 0.409 e. The Morgan fingerprint density at radius 3 is 1.76 bits per heavy atom. The van der Waals surface area contributed by atoms with Crippen LogP contribution in [0.5, 0.6) is 11.5 Å². The van der Waals surface area contributed by atoms with Crippen LogP contribution in [-0.2, 0) is 11.2 Å². The van der Waals surface area contributed by atoms with Crippen molar-refractivity contribution in [3.63, 3.8) is 0 Å². The number of aromatic nitrogens is 2. The highest BCUT2D eigenvalue weighted by Gasteiger charge is 2.07. The summed E-state index contributed by atoms with van der Waals surface area (Å²) in [6, 6.07) is 33.3. The molecular weight excluding hydrogens is 538 g/mol. The average molecular weight is 564 g/mol. The predicted octanol–water partition coefficient (Wildman–Crippen LogP) is 7.62. The van der Waals surface area contributed by atoms with Crippen molar-refractivity contribution in [3.8, 4) is 11.5 Å². The molecule has 0 unspecified atom stereocenters. The maximum Gasteiger partial charge on any atom is 0.409 e. The highest BCUT2D eigenvalue weighted by Crippen LogP contribution is 2.17. The number of pyridine rings is 2. The van der Waals surface area contributed by atoms with E-state index in [4.69, 9.17) is 22.1 Å². The van der Waals surface area contributed by atoms with E-state index < -0.39 is 5.43 Å². The number of hydrogen-bond acceptors (Lipinski definition) is 7. The fraction of sp³-hybridized carbons (Fsp3) is 0.0303.